The quantitative estimate of drug-likeness (QED) is 0.770. The average molecular weight is 217 g/mol. The van der Waals surface area contributed by atoms with Crippen molar-refractivity contribution in [3.63, 3.8) is 0 Å². The van der Waals surface area contributed by atoms with Crippen LogP contribution in [0.1, 0.15) is 5.69 Å². The molecule has 0 aromatic carbocycles. The molecule has 0 spiro atoms. The summed E-state index contributed by atoms with van der Waals surface area (Å²) in [6, 6.07) is 1.98. The highest BCUT2D eigenvalue weighted by Crippen LogP contribution is 2.06. The predicted octanol–water partition coefficient (Wildman–Crippen LogP) is 1.41. The van der Waals surface area contributed by atoms with Gasteiger partial charge in [0.15, 0.2) is 0 Å². The number of nitrogens with zero attached hydrogens (tertiary/aromatic N) is 4. The van der Waals surface area contributed by atoms with Crippen LogP contribution < -0.4 is 5.32 Å². The average Bonchev–Trinajstić information content (AvgIpc) is 2.86. The molecule has 0 saturated heterocycles. The molecular weight excluding hydrogens is 202 g/mol. The zero-order valence-corrected chi connectivity index (χ0v) is 9.30. The Morgan fingerprint density at radius 1 is 1.50 bits per heavy atom. The first-order valence-corrected chi connectivity index (χ1v) is 5.14. The Kier molecular flexibility index (Phi) is 3.05. The molecule has 1 N–H and O–H groups in total. The standard InChI is InChI=1S/C11H15N5/c1-3-7-16-8-6-12-11(16)13-9-10-4-5-14-15(10)2/h3-6,8H,1,7,9H2,2H3,(H,12,13). The third kappa shape index (κ3) is 2.13. The van der Waals surface area contributed by atoms with E-state index in [0.29, 0.717) is 6.54 Å². The normalized spacial score (nSPS) is 10.3. The first kappa shape index (κ1) is 10.5. The van der Waals surface area contributed by atoms with Gasteiger partial charge in [0, 0.05) is 32.2 Å². The van der Waals surface area contributed by atoms with Gasteiger partial charge in [-0.15, -0.1) is 6.58 Å². The van der Waals surface area contributed by atoms with E-state index in [9.17, 15) is 0 Å². The summed E-state index contributed by atoms with van der Waals surface area (Å²) in [5, 5.41) is 7.37. The van der Waals surface area contributed by atoms with E-state index in [-0.39, 0.29) is 0 Å². The van der Waals surface area contributed by atoms with Crippen LogP contribution in [0, 0.1) is 0 Å². The van der Waals surface area contributed by atoms with Gasteiger partial charge < -0.3 is 9.88 Å². The van der Waals surface area contributed by atoms with Crippen molar-refractivity contribution in [2.24, 2.45) is 7.05 Å². The summed E-state index contributed by atoms with van der Waals surface area (Å²) in [7, 11) is 1.92. The summed E-state index contributed by atoms with van der Waals surface area (Å²) in [5.74, 6) is 0.848. The van der Waals surface area contributed by atoms with Crippen LogP contribution in [0.3, 0.4) is 0 Å². The third-order valence-corrected chi connectivity index (χ3v) is 2.39. The largest absolute Gasteiger partial charge is 0.350 e. The number of aromatic nitrogens is 4. The first-order chi connectivity index (χ1) is 7.81. The van der Waals surface area contributed by atoms with E-state index < -0.39 is 0 Å². The molecule has 0 saturated carbocycles. The molecule has 84 valence electrons. The van der Waals surface area contributed by atoms with E-state index in [2.05, 4.69) is 22.0 Å². The summed E-state index contributed by atoms with van der Waals surface area (Å²) < 4.78 is 3.84. The molecule has 2 rings (SSSR count). The maximum atomic E-state index is 4.24. The molecule has 0 bridgehead atoms. The van der Waals surface area contributed by atoms with Gasteiger partial charge in [-0.3, -0.25) is 4.68 Å². The number of nitrogens with one attached hydrogen (secondary N) is 1. The van der Waals surface area contributed by atoms with Crippen LogP contribution in [0.4, 0.5) is 5.95 Å². The molecule has 0 unspecified atom stereocenters. The lowest BCUT2D eigenvalue weighted by Gasteiger charge is -2.07. The minimum absolute atomic E-state index is 0.713. The van der Waals surface area contributed by atoms with Crippen molar-refractivity contribution in [2.45, 2.75) is 13.1 Å². The number of allylic oxidation sites excluding steroid dienone is 1. The van der Waals surface area contributed by atoms with E-state index in [1.165, 1.54) is 0 Å². The predicted molar refractivity (Wildman–Crippen MR) is 63.0 cm³/mol. The summed E-state index contributed by atoms with van der Waals surface area (Å²) in [5.41, 5.74) is 1.12. The zero-order chi connectivity index (χ0) is 11.4. The Balaban J connectivity index is 2.02. The second-order valence-electron chi connectivity index (χ2n) is 3.49. The molecule has 0 fully saturated rings. The molecule has 0 atom stereocenters. The smallest absolute Gasteiger partial charge is 0.203 e. The minimum Gasteiger partial charge on any atom is -0.350 e. The van der Waals surface area contributed by atoms with Gasteiger partial charge in [-0.2, -0.15) is 5.10 Å². The second kappa shape index (κ2) is 4.65. The van der Waals surface area contributed by atoms with Crippen molar-refractivity contribution in [2.75, 3.05) is 5.32 Å². The number of aryl methyl sites for hydroxylation is 1. The van der Waals surface area contributed by atoms with Crippen molar-refractivity contribution in [1.82, 2.24) is 19.3 Å². The molecule has 2 aromatic rings. The van der Waals surface area contributed by atoms with Gasteiger partial charge in [0.05, 0.1) is 12.2 Å². The van der Waals surface area contributed by atoms with Crippen molar-refractivity contribution in [3.8, 4) is 0 Å². The Labute approximate surface area is 94.4 Å². The van der Waals surface area contributed by atoms with Crippen molar-refractivity contribution >= 4 is 5.95 Å². The summed E-state index contributed by atoms with van der Waals surface area (Å²) >= 11 is 0. The molecule has 0 aliphatic carbocycles. The van der Waals surface area contributed by atoms with Gasteiger partial charge in [-0.1, -0.05) is 6.08 Å². The first-order valence-electron chi connectivity index (χ1n) is 5.14. The number of rotatable bonds is 5. The fraction of sp³-hybridized carbons (Fsp3) is 0.273. The van der Waals surface area contributed by atoms with Crippen LogP contribution >= 0.6 is 0 Å². The molecule has 0 aliphatic rings. The van der Waals surface area contributed by atoms with Crippen LogP contribution in [0.25, 0.3) is 0 Å². The van der Waals surface area contributed by atoms with Crippen LogP contribution in [-0.4, -0.2) is 19.3 Å². The Morgan fingerprint density at radius 3 is 3.06 bits per heavy atom. The highest BCUT2D eigenvalue weighted by molar-refractivity contribution is 5.27. The summed E-state index contributed by atoms with van der Waals surface area (Å²) in [6.07, 6.45) is 7.33. The SMILES string of the molecule is C=CCn1ccnc1NCc1ccnn1C. The van der Waals surface area contributed by atoms with E-state index in [0.717, 1.165) is 18.2 Å². The summed E-state index contributed by atoms with van der Waals surface area (Å²) in [6.45, 7) is 5.18. The highest BCUT2D eigenvalue weighted by atomic mass is 15.3. The number of anilines is 1. The fourth-order valence-corrected chi connectivity index (χ4v) is 1.51. The zero-order valence-electron chi connectivity index (χ0n) is 9.30. The van der Waals surface area contributed by atoms with Gasteiger partial charge in [-0.05, 0) is 6.07 Å². The monoisotopic (exact) mass is 217 g/mol. The topological polar surface area (TPSA) is 47.7 Å². The lowest BCUT2D eigenvalue weighted by molar-refractivity contribution is 0.715. The van der Waals surface area contributed by atoms with E-state index in [1.807, 2.05) is 34.6 Å². The Morgan fingerprint density at radius 2 is 2.38 bits per heavy atom. The van der Waals surface area contributed by atoms with Crippen molar-refractivity contribution < 1.29 is 0 Å². The van der Waals surface area contributed by atoms with Crippen molar-refractivity contribution in [3.05, 3.63) is 43.0 Å². The molecule has 5 nitrogen and oxygen atoms in total. The van der Waals surface area contributed by atoms with Crippen LogP contribution in [0.15, 0.2) is 37.3 Å². The van der Waals surface area contributed by atoms with E-state index in [1.54, 1.807) is 12.4 Å². The molecular formula is C11H15N5. The van der Waals surface area contributed by atoms with Gasteiger partial charge in [0.2, 0.25) is 5.95 Å². The molecule has 16 heavy (non-hydrogen) atoms. The highest BCUT2D eigenvalue weighted by Gasteiger charge is 2.02. The van der Waals surface area contributed by atoms with Gasteiger partial charge in [0.25, 0.3) is 0 Å². The number of hydrogen-bond acceptors (Lipinski definition) is 3. The molecule has 0 aliphatic heterocycles. The maximum Gasteiger partial charge on any atom is 0.203 e. The van der Waals surface area contributed by atoms with Gasteiger partial charge in [-0.25, -0.2) is 4.98 Å². The fourth-order valence-electron chi connectivity index (χ4n) is 1.51. The van der Waals surface area contributed by atoms with Crippen LogP contribution in [0.2, 0.25) is 0 Å². The lowest BCUT2D eigenvalue weighted by Crippen LogP contribution is -2.09. The second-order valence-corrected chi connectivity index (χ2v) is 3.49. The van der Waals surface area contributed by atoms with E-state index >= 15 is 0 Å². The van der Waals surface area contributed by atoms with Crippen LogP contribution in [-0.2, 0) is 20.1 Å². The molecule has 5 heteroatoms. The van der Waals surface area contributed by atoms with Crippen molar-refractivity contribution in [1.29, 1.82) is 0 Å². The molecule has 2 heterocycles. The summed E-state index contributed by atoms with van der Waals surface area (Å²) in [4.78, 5) is 4.24. The van der Waals surface area contributed by atoms with Gasteiger partial charge in [0.1, 0.15) is 0 Å². The number of imidazole rings is 1. The maximum absolute atomic E-state index is 4.24. The third-order valence-electron chi connectivity index (χ3n) is 2.39. The Hall–Kier alpha value is -2.04. The van der Waals surface area contributed by atoms with Gasteiger partial charge >= 0.3 is 0 Å². The molecule has 2 aromatic heterocycles. The number of hydrogen-bond donors (Lipinski definition) is 1. The Bertz CT molecular complexity index is 468. The molecule has 0 radical (unpaired) electrons. The van der Waals surface area contributed by atoms with E-state index in [4.69, 9.17) is 0 Å². The minimum atomic E-state index is 0.713. The van der Waals surface area contributed by atoms with Crippen LogP contribution in [0.5, 0.6) is 0 Å². The lowest BCUT2D eigenvalue weighted by atomic mass is 10.4. The molecule has 0 amide bonds.